The summed E-state index contributed by atoms with van der Waals surface area (Å²) < 4.78 is 0.762. The second kappa shape index (κ2) is 6.39. The lowest BCUT2D eigenvalue weighted by Crippen LogP contribution is -2.35. The first kappa shape index (κ1) is 16.5. The zero-order valence-electron chi connectivity index (χ0n) is 13.2. The van der Waals surface area contributed by atoms with Gasteiger partial charge in [0.1, 0.15) is 0 Å². The van der Waals surface area contributed by atoms with Gasteiger partial charge in [0, 0.05) is 21.7 Å². The van der Waals surface area contributed by atoms with Crippen LogP contribution in [0, 0.1) is 5.92 Å². The largest absolute Gasteiger partial charge is 0.325 e. The lowest BCUT2D eigenvalue weighted by atomic mass is 9.85. The van der Waals surface area contributed by atoms with Crippen molar-refractivity contribution in [3.63, 3.8) is 0 Å². The number of aliphatic imine (C=N–C) groups is 1. The average Bonchev–Trinajstić information content (AvgIpc) is 3.07. The molecule has 1 N–H and O–H groups in total. The fourth-order valence-electron chi connectivity index (χ4n) is 3.50. The lowest BCUT2D eigenvalue weighted by Gasteiger charge is -2.28. The third kappa shape index (κ3) is 3.02. The van der Waals surface area contributed by atoms with E-state index in [0.717, 1.165) is 35.0 Å². The minimum Gasteiger partial charge on any atom is -0.325 e. The number of halogens is 2. The first-order valence-corrected chi connectivity index (χ1v) is 9.21. The zero-order valence-corrected chi connectivity index (χ0v) is 15.5. The minimum absolute atomic E-state index is 0.0222. The van der Waals surface area contributed by atoms with Crippen LogP contribution in [-0.2, 0) is 4.79 Å². The van der Waals surface area contributed by atoms with Gasteiger partial charge in [0.25, 0.3) is 11.8 Å². The van der Waals surface area contributed by atoms with E-state index in [1.54, 1.807) is 24.3 Å². The van der Waals surface area contributed by atoms with Crippen molar-refractivity contribution in [1.82, 2.24) is 5.32 Å². The van der Waals surface area contributed by atoms with E-state index >= 15 is 0 Å². The van der Waals surface area contributed by atoms with Crippen LogP contribution in [0.1, 0.15) is 29.6 Å². The highest BCUT2D eigenvalue weighted by molar-refractivity contribution is 9.10. The van der Waals surface area contributed by atoms with Crippen LogP contribution in [0.2, 0.25) is 5.02 Å². The topological polar surface area (TPSA) is 58.5 Å². The molecular formula is C19H14BrClN2O2. The Morgan fingerprint density at radius 3 is 3.00 bits per heavy atom. The van der Waals surface area contributed by atoms with Crippen molar-refractivity contribution in [3.8, 4) is 0 Å². The lowest BCUT2D eigenvalue weighted by molar-refractivity contribution is -0.117. The summed E-state index contributed by atoms with van der Waals surface area (Å²) in [5.74, 6) is -0.339. The Morgan fingerprint density at radius 2 is 2.16 bits per heavy atom. The number of rotatable bonds is 1. The van der Waals surface area contributed by atoms with E-state index in [1.165, 1.54) is 5.57 Å². The van der Waals surface area contributed by atoms with E-state index in [0.29, 0.717) is 16.3 Å². The third-order valence-electron chi connectivity index (χ3n) is 4.66. The molecule has 6 heteroatoms. The van der Waals surface area contributed by atoms with Gasteiger partial charge in [-0.05, 0) is 55.2 Å². The van der Waals surface area contributed by atoms with Gasteiger partial charge in [-0.2, -0.15) is 0 Å². The van der Waals surface area contributed by atoms with Crippen LogP contribution in [0.3, 0.4) is 0 Å². The Morgan fingerprint density at radius 1 is 1.32 bits per heavy atom. The van der Waals surface area contributed by atoms with Gasteiger partial charge in [-0.1, -0.05) is 33.6 Å². The number of hydrogen-bond donors (Lipinski definition) is 1. The summed E-state index contributed by atoms with van der Waals surface area (Å²) in [6, 6.07) is 5.07. The van der Waals surface area contributed by atoms with Crippen LogP contribution >= 0.6 is 27.5 Å². The predicted molar refractivity (Wildman–Crippen MR) is 101 cm³/mol. The molecule has 0 saturated heterocycles. The van der Waals surface area contributed by atoms with Crippen LogP contribution in [0.4, 0.5) is 0 Å². The maximum Gasteiger partial charge on any atom is 0.279 e. The summed E-state index contributed by atoms with van der Waals surface area (Å²) in [5.41, 5.74) is 3.76. The van der Waals surface area contributed by atoms with E-state index in [-0.39, 0.29) is 11.8 Å². The molecular weight excluding hydrogens is 404 g/mol. The first-order chi connectivity index (χ1) is 12.0. The molecule has 0 saturated carbocycles. The fraction of sp³-hybridized carbons (Fsp3) is 0.211. The van der Waals surface area contributed by atoms with Gasteiger partial charge >= 0.3 is 0 Å². The molecule has 1 aromatic carbocycles. The molecule has 2 amide bonds. The van der Waals surface area contributed by atoms with Crippen LogP contribution in [0.5, 0.6) is 0 Å². The molecule has 1 aliphatic heterocycles. The Bertz CT molecular complexity index is 927. The highest BCUT2D eigenvalue weighted by atomic mass is 79.9. The molecule has 3 aliphatic rings. The molecule has 4 nitrogen and oxygen atoms in total. The number of carbonyl (C=O) groups excluding carboxylic acids is 2. The van der Waals surface area contributed by atoms with E-state index in [4.69, 9.17) is 11.6 Å². The summed E-state index contributed by atoms with van der Waals surface area (Å²) in [7, 11) is 0. The summed E-state index contributed by atoms with van der Waals surface area (Å²) in [4.78, 5) is 28.8. The number of nitrogens with zero attached hydrogens (tertiary/aromatic N) is 1. The minimum atomic E-state index is -0.413. The van der Waals surface area contributed by atoms with Crippen LogP contribution in [-0.4, -0.2) is 17.5 Å². The van der Waals surface area contributed by atoms with Gasteiger partial charge in [-0.25, -0.2) is 4.99 Å². The Kier molecular flexibility index (Phi) is 4.21. The van der Waals surface area contributed by atoms with Gasteiger partial charge in [0.05, 0.1) is 16.3 Å². The summed E-state index contributed by atoms with van der Waals surface area (Å²) in [5, 5.41) is 3.30. The van der Waals surface area contributed by atoms with Crippen LogP contribution in [0.15, 0.2) is 62.7 Å². The number of carbonyl (C=O) groups is 2. The van der Waals surface area contributed by atoms with E-state index < -0.39 is 5.91 Å². The molecule has 1 atom stereocenters. The van der Waals surface area contributed by atoms with E-state index in [2.05, 4.69) is 26.2 Å². The van der Waals surface area contributed by atoms with Gasteiger partial charge in [0.15, 0.2) is 0 Å². The molecule has 1 heterocycles. The molecule has 0 radical (unpaired) electrons. The molecule has 1 aromatic rings. The van der Waals surface area contributed by atoms with Crippen molar-refractivity contribution >= 4 is 45.1 Å². The summed E-state index contributed by atoms with van der Waals surface area (Å²) in [6.07, 6.45) is 8.43. The molecule has 25 heavy (non-hydrogen) atoms. The van der Waals surface area contributed by atoms with Crippen molar-refractivity contribution < 1.29 is 9.59 Å². The second-order valence-electron chi connectivity index (χ2n) is 6.21. The number of nitrogens with one attached hydrogen (secondary N) is 1. The van der Waals surface area contributed by atoms with Gasteiger partial charge < -0.3 is 5.32 Å². The van der Waals surface area contributed by atoms with Crippen molar-refractivity contribution in [1.29, 1.82) is 0 Å². The van der Waals surface area contributed by atoms with Crippen LogP contribution in [0.25, 0.3) is 0 Å². The molecule has 0 fully saturated rings. The second-order valence-corrected chi connectivity index (χ2v) is 7.54. The summed E-state index contributed by atoms with van der Waals surface area (Å²) in [6.45, 7) is 0. The van der Waals surface area contributed by atoms with E-state index in [9.17, 15) is 9.59 Å². The normalized spacial score (nSPS) is 23.3. The van der Waals surface area contributed by atoms with Crippen LogP contribution < -0.4 is 5.32 Å². The standard InChI is InChI=1S/C19H14BrClN2O2/c20-10-4-7-16(21)15(8-10)19(25)22-11-5-6-13-12-2-1-3-14(12)18(24)23-17(13)9-11/h4-9,13H,1-3H2,(H,23,24). The Hall–Kier alpha value is -1.98. The maximum atomic E-state index is 12.4. The number of allylic oxidation sites excluding steroid dienone is 3. The van der Waals surface area contributed by atoms with Gasteiger partial charge in [-0.3, -0.25) is 9.59 Å². The smallest absolute Gasteiger partial charge is 0.279 e. The Labute approximate surface area is 158 Å². The highest BCUT2D eigenvalue weighted by Gasteiger charge is 2.34. The number of amides is 2. The number of benzene rings is 1. The number of fused-ring (bicyclic) bond motifs is 2. The number of hydrogen-bond acceptors (Lipinski definition) is 2. The molecule has 0 bridgehead atoms. The quantitative estimate of drug-likeness (QED) is 0.738. The molecule has 1 unspecified atom stereocenters. The first-order valence-electron chi connectivity index (χ1n) is 8.04. The monoisotopic (exact) mass is 416 g/mol. The van der Waals surface area contributed by atoms with Crippen molar-refractivity contribution in [2.24, 2.45) is 10.9 Å². The van der Waals surface area contributed by atoms with Crippen molar-refractivity contribution in [3.05, 3.63) is 68.3 Å². The SMILES string of the molecule is O=C1NC2=CC(=NC(=O)c3cc(Br)ccc3Cl)C=CC2C2=C1CCC2. The highest BCUT2D eigenvalue weighted by Crippen LogP contribution is 2.39. The molecule has 0 aromatic heterocycles. The summed E-state index contributed by atoms with van der Waals surface area (Å²) >= 11 is 9.42. The van der Waals surface area contributed by atoms with Gasteiger partial charge in [0.2, 0.25) is 0 Å². The molecule has 126 valence electrons. The maximum absolute atomic E-state index is 12.4. The zero-order chi connectivity index (χ0) is 17.6. The third-order valence-corrected chi connectivity index (χ3v) is 5.48. The molecule has 4 rings (SSSR count). The Balaban J connectivity index is 1.65. The fourth-order valence-corrected chi connectivity index (χ4v) is 4.06. The predicted octanol–water partition coefficient (Wildman–Crippen LogP) is 4.36. The van der Waals surface area contributed by atoms with Crippen molar-refractivity contribution in [2.75, 3.05) is 0 Å². The van der Waals surface area contributed by atoms with Gasteiger partial charge in [-0.15, -0.1) is 0 Å². The average molecular weight is 418 g/mol. The van der Waals surface area contributed by atoms with E-state index in [1.807, 2.05) is 12.2 Å². The van der Waals surface area contributed by atoms with Crippen molar-refractivity contribution in [2.45, 2.75) is 19.3 Å². The molecule has 2 aliphatic carbocycles. The molecule has 0 spiro atoms.